The van der Waals surface area contributed by atoms with Crippen molar-refractivity contribution in [3.8, 4) is 22.4 Å². The molecular weight excluding hydrogens is 313 g/mol. The zero-order valence-corrected chi connectivity index (χ0v) is 12.7. The quantitative estimate of drug-likeness (QED) is 0.527. The molecule has 23 heavy (non-hydrogen) atoms. The monoisotopic (exact) mass is 323 g/mol. The van der Waals surface area contributed by atoms with Crippen molar-refractivity contribution in [3.05, 3.63) is 78.0 Å². The largest absolute Gasteiger partial charge is 0.256 e. The Kier molecular flexibility index (Phi) is 3.32. The molecule has 0 radical (unpaired) electrons. The zero-order chi connectivity index (χ0) is 15.8. The molecule has 112 valence electrons. The lowest BCUT2D eigenvalue weighted by Gasteiger charge is -2.10. The molecule has 0 aliphatic heterocycles. The summed E-state index contributed by atoms with van der Waals surface area (Å²) in [7, 11) is 0. The first-order chi connectivity index (χ1) is 11.2. The lowest BCUT2D eigenvalue weighted by Crippen LogP contribution is -1.91. The number of nitrogens with zero attached hydrogens (tertiary/aromatic N) is 3. The molecule has 0 bridgehead atoms. The normalized spacial score (nSPS) is 11.0. The van der Waals surface area contributed by atoms with E-state index >= 15 is 0 Å². The molecule has 0 atom stereocenters. The maximum Gasteiger partial charge on any atom is 0.141 e. The minimum absolute atomic E-state index is 0.0883. The number of benzene rings is 1. The van der Waals surface area contributed by atoms with Gasteiger partial charge in [0.15, 0.2) is 0 Å². The average Bonchev–Trinajstić information content (AvgIpc) is 3.05. The number of halogens is 2. The van der Waals surface area contributed by atoms with Crippen LogP contribution >= 0.6 is 11.6 Å². The zero-order valence-electron chi connectivity index (χ0n) is 11.9. The number of fused-ring (bicyclic) bond motifs is 1. The van der Waals surface area contributed by atoms with Gasteiger partial charge in [-0.2, -0.15) is 5.10 Å². The molecule has 0 aliphatic carbocycles. The van der Waals surface area contributed by atoms with Gasteiger partial charge in [0.1, 0.15) is 5.82 Å². The molecule has 0 N–H and O–H groups in total. The van der Waals surface area contributed by atoms with Gasteiger partial charge in [0, 0.05) is 29.7 Å². The van der Waals surface area contributed by atoms with Gasteiger partial charge in [0.2, 0.25) is 0 Å². The molecule has 0 saturated carbocycles. The van der Waals surface area contributed by atoms with E-state index in [1.165, 1.54) is 6.07 Å². The first-order valence-corrected chi connectivity index (χ1v) is 7.44. The maximum atomic E-state index is 13.4. The van der Waals surface area contributed by atoms with Crippen LogP contribution in [0.5, 0.6) is 0 Å². The second-order valence-electron chi connectivity index (χ2n) is 5.14. The maximum absolute atomic E-state index is 13.4. The number of hydrogen-bond acceptors (Lipinski definition) is 2. The highest BCUT2D eigenvalue weighted by Crippen LogP contribution is 2.32. The van der Waals surface area contributed by atoms with Crippen LogP contribution in [-0.4, -0.2) is 14.6 Å². The predicted octanol–water partition coefficient (Wildman–Crippen LogP) is 4.86. The predicted molar refractivity (Wildman–Crippen MR) is 88.8 cm³/mol. The highest BCUT2D eigenvalue weighted by molar-refractivity contribution is 6.31. The SMILES string of the molecule is Fc1ccc(-c2ncccc2-c2ccn3nccc3c2)cc1Cl. The van der Waals surface area contributed by atoms with E-state index in [0.29, 0.717) is 0 Å². The summed E-state index contributed by atoms with van der Waals surface area (Å²) in [5, 5.41) is 4.29. The third-order valence-corrected chi connectivity index (χ3v) is 4.00. The fourth-order valence-electron chi connectivity index (χ4n) is 2.60. The van der Waals surface area contributed by atoms with Crippen LogP contribution in [0.15, 0.2) is 67.1 Å². The minimum atomic E-state index is -0.437. The molecule has 3 heterocycles. The summed E-state index contributed by atoms with van der Waals surface area (Å²) < 4.78 is 15.2. The third kappa shape index (κ3) is 2.47. The van der Waals surface area contributed by atoms with Crippen LogP contribution in [-0.2, 0) is 0 Å². The van der Waals surface area contributed by atoms with Gasteiger partial charge in [0.25, 0.3) is 0 Å². The summed E-state index contributed by atoms with van der Waals surface area (Å²) in [6, 6.07) is 14.5. The highest BCUT2D eigenvalue weighted by Gasteiger charge is 2.11. The lowest BCUT2D eigenvalue weighted by molar-refractivity contribution is 0.628. The number of hydrogen-bond donors (Lipinski definition) is 0. The standard InChI is InChI=1S/C18H11ClFN3/c19-16-11-13(3-4-17(16)20)18-15(2-1-7-21-18)12-6-9-23-14(10-12)5-8-22-23/h1-11H. The van der Waals surface area contributed by atoms with Crippen molar-refractivity contribution in [3.63, 3.8) is 0 Å². The molecule has 0 spiro atoms. The first-order valence-electron chi connectivity index (χ1n) is 7.06. The smallest absolute Gasteiger partial charge is 0.141 e. The van der Waals surface area contributed by atoms with Crippen LogP contribution in [0.1, 0.15) is 0 Å². The van der Waals surface area contributed by atoms with Gasteiger partial charge < -0.3 is 0 Å². The Bertz CT molecular complexity index is 1010. The Morgan fingerprint density at radius 1 is 0.957 bits per heavy atom. The van der Waals surface area contributed by atoms with Crippen molar-refractivity contribution < 1.29 is 4.39 Å². The highest BCUT2D eigenvalue weighted by atomic mass is 35.5. The molecule has 5 heteroatoms. The van der Waals surface area contributed by atoms with E-state index in [2.05, 4.69) is 10.1 Å². The molecule has 4 aromatic rings. The minimum Gasteiger partial charge on any atom is -0.256 e. The second kappa shape index (κ2) is 5.48. The van der Waals surface area contributed by atoms with Crippen molar-refractivity contribution in [2.24, 2.45) is 0 Å². The van der Waals surface area contributed by atoms with Crippen molar-refractivity contribution >= 4 is 17.1 Å². The van der Waals surface area contributed by atoms with E-state index in [0.717, 1.165) is 27.9 Å². The van der Waals surface area contributed by atoms with E-state index in [1.807, 2.05) is 36.5 Å². The molecule has 3 nitrogen and oxygen atoms in total. The lowest BCUT2D eigenvalue weighted by atomic mass is 10.00. The van der Waals surface area contributed by atoms with Gasteiger partial charge in [0.05, 0.1) is 16.2 Å². The summed E-state index contributed by atoms with van der Waals surface area (Å²) in [6.07, 6.45) is 5.37. The molecule has 4 rings (SSSR count). The Hall–Kier alpha value is -2.72. The van der Waals surface area contributed by atoms with E-state index in [9.17, 15) is 4.39 Å². The molecule has 0 saturated heterocycles. The Morgan fingerprint density at radius 2 is 1.87 bits per heavy atom. The number of pyridine rings is 2. The Morgan fingerprint density at radius 3 is 2.74 bits per heavy atom. The van der Waals surface area contributed by atoms with Gasteiger partial charge in [-0.1, -0.05) is 17.7 Å². The Balaban J connectivity index is 1.90. The average molecular weight is 324 g/mol. The molecule has 0 amide bonds. The van der Waals surface area contributed by atoms with Gasteiger partial charge in [-0.3, -0.25) is 4.98 Å². The van der Waals surface area contributed by atoms with E-state index in [4.69, 9.17) is 11.6 Å². The van der Waals surface area contributed by atoms with Gasteiger partial charge in [-0.05, 0) is 48.0 Å². The number of rotatable bonds is 2. The number of aromatic nitrogens is 3. The summed E-state index contributed by atoms with van der Waals surface area (Å²) >= 11 is 5.91. The molecular formula is C18H11ClFN3. The van der Waals surface area contributed by atoms with Crippen LogP contribution in [0.4, 0.5) is 4.39 Å². The molecule has 1 aromatic carbocycles. The molecule has 3 aromatic heterocycles. The summed E-state index contributed by atoms with van der Waals surface area (Å²) in [6.45, 7) is 0. The Labute approximate surface area is 137 Å². The van der Waals surface area contributed by atoms with Crippen LogP contribution in [0.3, 0.4) is 0 Å². The van der Waals surface area contributed by atoms with E-state index in [1.54, 1.807) is 29.0 Å². The molecule has 0 fully saturated rings. The van der Waals surface area contributed by atoms with E-state index in [-0.39, 0.29) is 5.02 Å². The van der Waals surface area contributed by atoms with Crippen LogP contribution in [0.25, 0.3) is 27.9 Å². The van der Waals surface area contributed by atoms with Crippen molar-refractivity contribution in [1.82, 2.24) is 14.6 Å². The fourth-order valence-corrected chi connectivity index (χ4v) is 2.78. The second-order valence-corrected chi connectivity index (χ2v) is 5.55. The van der Waals surface area contributed by atoms with Crippen molar-refractivity contribution in [1.29, 1.82) is 0 Å². The van der Waals surface area contributed by atoms with Crippen LogP contribution in [0.2, 0.25) is 5.02 Å². The van der Waals surface area contributed by atoms with Gasteiger partial charge in [-0.25, -0.2) is 8.91 Å². The van der Waals surface area contributed by atoms with Gasteiger partial charge >= 0.3 is 0 Å². The van der Waals surface area contributed by atoms with Crippen molar-refractivity contribution in [2.45, 2.75) is 0 Å². The van der Waals surface area contributed by atoms with E-state index < -0.39 is 5.82 Å². The topological polar surface area (TPSA) is 30.2 Å². The van der Waals surface area contributed by atoms with Gasteiger partial charge in [-0.15, -0.1) is 0 Å². The van der Waals surface area contributed by atoms with Crippen LogP contribution in [0, 0.1) is 5.82 Å². The summed E-state index contributed by atoms with van der Waals surface area (Å²) in [5.41, 5.74) is 4.51. The van der Waals surface area contributed by atoms with Crippen LogP contribution < -0.4 is 0 Å². The summed E-state index contributed by atoms with van der Waals surface area (Å²) in [4.78, 5) is 4.46. The third-order valence-electron chi connectivity index (χ3n) is 3.71. The fraction of sp³-hybridized carbons (Fsp3) is 0. The molecule has 0 unspecified atom stereocenters. The first kappa shape index (κ1) is 13.9. The summed E-state index contributed by atoms with van der Waals surface area (Å²) in [5.74, 6) is -0.437. The molecule has 0 aliphatic rings. The van der Waals surface area contributed by atoms with Crippen molar-refractivity contribution in [2.75, 3.05) is 0 Å².